The molecule has 1 rings (SSSR count). The van der Waals surface area contributed by atoms with Gasteiger partial charge < -0.3 is 9.64 Å². The molecule has 0 aliphatic carbocycles. The molecule has 1 aromatic heterocycles. The molecule has 0 saturated heterocycles. The van der Waals surface area contributed by atoms with Gasteiger partial charge in [-0.3, -0.25) is 4.98 Å². The summed E-state index contributed by atoms with van der Waals surface area (Å²) in [6, 6.07) is 2.09. The Kier molecular flexibility index (Phi) is 6.30. The van der Waals surface area contributed by atoms with Gasteiger partial charge in [0.1, 0.15) is 0 Å². The number of halogens is 1. The van der Waals surface area contributed by atoms with Gasteiger partial charge in [0, 0.05) is 42.8 Å². The van der Waals surface area contributed by atoms with Gasteiger partial charge in [-0.15, -0.1) is 11.6 Å². The Hall–Kier alpha value is -0.800. The quantitative estimate of drug-likeness (QED) is 0.554. The van der Waals surface area contributed by atoms with Gasteiger partial charge in [-0.05, 0) is 26.8 Å². The van der Waals surface area contributed by atoms with Gasteiger partial charge >= 0.3 is 0 Å². The number of alkyl halides is 1. The summed E-state index contributed by atoms with van der Waals surface area (Å²) in [5.74, 6) is 0.494. The van der Waals surface area contributed by atoms with Crippen LogP contribution in [0, 0.1) is 6.92 Å². The van der Waals surface area contributed by atoms with Crippen molar-refractivity contribution in [1.82, 2.24) is 4.98 Å². The number of anilines is 1. The van der Waals surface area contributed by atoms with E-state index < -0.39 is 0 Å². The monoisotopic (exact) mass is 256 g/mol. The number of aryl methyl sites for hydroxylation is 1. The summed E-state index contributed by atoms with van der Waals surface area (Å²) in [5, 5.41) is 0. The molecule has 0 amide bonds. The fraction of sp³-hybridized carbons (Fsp3) is 0.615. The van der Waals surface area contributed by atoms with E-state index >= 15 is 0 Å². The molecule has 4 heteroatoms. The first-order chi connectivity index (χ1) is 8.22. The molecule has 1 heterocycles. The molecule has 0 fully saturated rings. The van der Waals surface area contributed by atoms with Crippen molar-refractivity contribution in [3.63, 3.8) is 0 Å². The average molecular weight is 257 g/mol. The highest BCUT2D eigenvalue weighted by Gasteiger charge is 2.10. The van der Waals surface area contributed by atoms with E-state index in [0.29, 0.717) is 5.88 Å². The first kappa shape index (κ1) is 14.3. The Labute approximate surface area is 109 Å². The van der Waals surface area contributed by atoms with Gasteiger partial charge in [0.05, 0.1) is 12.5 Å². The molecule has 3 nitrogen and oxygen atoms in total. The minimum absolute atomic E-state index is 0.494. The molecular weight excluding hydrogens is 236 g/mol. The summed E-state index contributed by atoms with van der Waals surface area (Å²) in [5.41, 5.74) is 3.27. The zero-order chi connectivity index (χ0) is 12.7. The zero-order valence-corrected chi connectivity index (χ0v) is 11.6. The van der Waals surface area contributed by atoms with Gasteiger partial charge in [-0.1, -0.05) is 0 Å². The van der Waals surface area contributed by atoms with Crippen LogP contribution in [-0.2, 0) is 10.6 Å². The number of nitrogens with zero attached hydrogens (tertiary/aromatic N) is 2. The van der Waals surface area contributed by atoms with Crippen LogP contribution in [0.1, 0.15) is 25.1 Å². The van der Waals surface area contributed by atoms with Crippen LogP contribution in [0.25, 0.3) is 0 Å². The Morgan fingerprint density at radius 3 is 2.76 bits per heavy atom. The van der Waals surface area contributed by atoms with E-state index in [4.69, 9.17) is 16.3 Å². The lowest BCUT2D eigenvalue weighted by atomic mass is 10.2. The average Bonchev–Trinajstić information content (AvgIpc) is 2.35. The van der Waals surface area contributed by atoms with Crippen LogP contribution in [-0.4, -0.2) is 31.3 Å². The molecule has 0 bridgehead atoms. The fourth-order valence-electron chi connectivity index (χ4n) is 1.74. The van der Waals surface area contributed by atoms with Crippen LogP contribution in [0.15, 0.2) is 12.3 Å². The van der Waals surface area contributed by atoms with Crippen LogP contribution in [0.2, 0.25) is 0 Å². The zero-order valence-electron chi connectivity index (χ0n) is 10.9. The molecule has 1 aromatic rings. The van der Waals surface area contributed by atoms with E-state index in [2.05, 4.69) is 22.9 Å². The highest BCUT2D eigenvalue weighted by atomic mass is 35.5. The second kappa shape index (κ2) is 7.51. The Balaban J connectivity index is 2.82. The summed E-state index contributed by atoms with van der Waals surface area (Å²) in [7, 11) is 0. The predicted molar refractivity (Wildman–Crippen MR) is 72.9 cm³/mol. The molecule has 0 aromatic carbocycles. The normalized spacial score (nSPS) is 10.6. The van der Waals surface area contributed by atoms with Crippen LogP contribution >= 0.6 is 11.6 Å². The fourth-order valence-corrected chi connectivity index (χ4v) is 1.94. The number of ether oxygens (including phenoxy) is 1. The summed E-state index contributed by atoms with van der Waals surface area (Å²) in [4.78, 5) is 6.56. The highest BCUT2D eigenvalue weighted by Crippen LogP contribution is 2.22. The molecule has 0 radical (unpaired) electrons. The third kappa shape index (κ3) is 4.17. The van der Waals surface area contributed by atoms with Crippen molar-refractivity contribution in [3.05, 3.63) is 23.5 Å². The molecule has 0 aliphatic rings. The van der Waals surface area contributed by atoms with E-state index in [-0.39, 0.29) is 0 Å². The number of aromatic nitrogens is 1. The Morgan fingerprint density at radius 1 is 1.41 bits per heavy atom. The third-order valence-electron chi connectivity index (χ3n) is 2.67. The van der Waals surface area contributed by atoms with E-state index in [1.54, 1.807) is 0 Å². The van der Waals surface area contributed by atoms with Crippen molar-refractivity contribution >= 4 is 17.3 Å². The summed E-state index contributed by atoms with van der Waals surface area (Å²) >= 11 is 5.95. The summed E-state index contributed by atoms with van der Waals surface area (Å²) in [6.07, 6.45) is 1.86. The van der Waals surface area contributed by atoms with Crippen LogP contribution in [0.5, 0.6) is 0 Å². The van der Waals surface area contributed by atoms with E-state index in [1.165, 1.54) is 5.69 Å². The lowest BCUT2D eigenvalue weighted by Crippen LogP contribution is -2.28. The summed E-state index contributed by atoms with van der Waals surface area (Å²) in [6.45, 7) is 9.48. The van der Waals surface area contributed by atoms with Gasteiger partial charge in [0.2, 0.25) is 0 Å². The molecule has 96 valence electrons. The Morgan fingerprint density at radius 2 is 2.18 bits per heavy atom. The maximum absolute atomic E-state index is 5.95. The summed E-state index contributed by atoms with van der Waals surface area (Å²) < 4.78 is 5.40. The molecule has 0 saturated carbocycles. The molecule has 0 N–H and O–H groups in total. The van der Waals surface area contributed by atoms with Gasteiger partial charge in [-0.25, -0.2) is 0 Å². The van der Waals surface area contributed by atoms with Gasteiger partial charge in [-0.2, -0.15) is 0 Å². The first-order valence-electron chi connectivity index (χ1n) is 6.07. The van der Waals surface area contributed by atoms with E-state index in [0.717, 1.165) is 37.6 Å². The minimum atomic E-state index is 0.494. The van der Waals surface area contributed by atoms with Crippen molar-refractivity contribution in [2.75, 3.05) is 31.2 Å². The maximum atomic E-state index is 5.95. The SMILES string of the molecule is CCOCCN(CC)c1cc(C)ncc1CCl. The number of likely N-dealkylation sites (N-methyl/N-ethyl adjacent to an activating group) is 1. The maximum Gasteiger partial charge on any atom is 0.0641 e. The molecule has 0 spiro atoms. The second-order valence-electron chi connectivity index (χ2n) is 3.86. The molecule has 17 heavy (non-hydrogen) atoms. The lowest BCUT2D eigenvalue weighted by Gasteiger charge is -2.25. The number of hydrogen-bond acceptors (Lipinski definition) is 3. The number of rotatable bonds is 7. The molecule has 0 unspecified atom stereocenters. The topological polar surface area (TPSA) is 25.4 Å². The van der Waals surface area contributed by atoms with Crippen LogP contribution < -0.4 is 4.90 Å². The van der Waals surface area contributed by atoms with Gasteiger partial charge in [0.15, 0.2) is 0 Å². The third-order valence-corrected chi connectivity index (χ3v) is 2.96. The van der Waals surface area contributed by atoms with Crippen molar-refractivity contribution in [2.45, 2.75) is 26.7 Å². The van der Waals surface area contributed by atoms with Crippen molar-refractivity contribution in [2.24, 2.45) is 0 Å². The minimum Gasteiger partial charge on any atom is -0.380 e. The molecular formula is C13H21ClN2O. The van der Waals surface area contributed by atoms with E-state index in [9.17, 15) is 0 Å². The van der Waals surface area contributed by atoms with E-state index in [1.807, 2.05) is 20.0 Å². The second-order valence-corrected chi connectivity index (χ2v) is 4.13. The largest absolute Gasteiger partial charge is 0.380 e. The first-order valence-corrected chi connectivity index (χ1v) is 6.60. The van der Waals surface area contributed by atoms with Crippen molar-refractivity contribution < 1.29 is 4.74 Å². The van der Waals surface area contributed by atoms with Gasteiger partial charge in [0.25, 0.3) is 0 Å². The predicted octanol–water partition coefficient (Wildman–Crippen LogP) is 2.99. The molecule has 0 aliphatic heterocycles. The van der Waals surface area contributed by atoms with Crippen molar-refractivity contribution in [1.29, 1.82) is 0 Å². The Bertz CT molecular complexity index is 344. The van der Waals surface area contributed by atoms with Crippen molar-refractivity contribution in [3.8, 4) is 0 Å². The molecule has 0 atom stereocenters. The number of pyridine rings is 1. The standard InChI is InChI=1S/C13H21ClN2O/c1-4-16(6-7-17-5-2)13-8-11(3)15-10-12(13)9-14/h8,10H,4-7,9H2,1-3H3. The lowest BCUT2D eigenvalue weighted by molar-refractivity contribution is 0.154. The van der Waals surface area contributed by atoms with Crippen LogP contribution in [0.3, 0.4) is 0 Å². The van der Waals surface area contributed by atoms with Crippen LogP contribution in [0.4, 0.5) is 5.69 Å². The number of hydrogen-bond donors (Lipinski definition) is 0. The highest BCUT2D eigenvalue weighted by molar-refractivity contribution is 6.17. The smallest absolute Gasteiger partial charge is 0.0641 e.